The molecule has 2 aromatic carbocycles. The topological polar surface area (TPSA) is 113 Å². The molecule has 2 atom stereocenters. The van der Waals surface area contributed by atoms with Gasteiger partial charge in [-0.1, -0.05) is 39.3 Å². The molecular formula is C26H22BrN7OS. The third-order valence-corrected chi connectivity index (χ3v) is 8.10. The van der Waals surface area contributed by atoms with Gasteiger partial charge in [-0.3, -0.25) is 9.69 Å². The zero-order valence-electron chi connectivity index (χ0n) is 19.6. The van der Waals surface area contributed by atoms with Crippen molar-refractivity contribution in [1.82, 2.24) is 19.9 Å². The van der Waals surface area contributed by atoms with Crippen LogP contribution in [0.1, 0.15) is 23.1 Å². The third-order valence-electron chi connectivity index (χ3n) is 6.45. The number of aliphatic imine (C=N–C) groups is 1. The van der Waals surface area contributed by atoms with Crippen molar-refractivity contribution in [3.63, 3.8) is 0 Å². The van der Waals surface area contributed by atoms with Crippen LogP contribution < -0.4 is 5.73 Å². The second kappa shape index (κ2) is 9.33. The second-order valence-corrected chi connectivity index (χ2v) is 10.6. The average Bonchev–Trinajstić information content (AvgIpc) is 3.56. The molecule has 36 heavy (non-hydrogen) atoms. The van der Waals surface area contributed by atoms with E-state index in [1.165, 1.54) is 16.2 Å². The molecule has 0 saturated heterocycles. The number of hydrogen-bond acceptors (Lipinski definition) is 7. The zero-order chi connectivity index (χ0) is 25.4. The standard InChI is InChI=1S/C26H22BrN7OS/c1-26(23-10-18(15-36-23)17-6-3-5-16(9-17)13-28)22(24(35)33(2)25(29)30-26)12-20-14-34(32-31-20)21-8-4-7-19(27)11-21/h3-11,14-15,22H,12H2,1-2H3,(H2,29,30)/t22?,26-/m0/s1. The summed E-state index contributed by atoms with van der Waals surface area (Å²) in [6, 6.07) is 19.4. The maximum atomic E-state index is 13.5. The molecule has 180 valence electrons. The Morgan fingerprint density at radius 3 is 2.78 bits per heavy atom. The third kappa shape index (κ3) is 4.32. The number of nitriles is 1. The van der Waals surface area contributed by atoms with Crippen molar-refractivity contribution in [1.29, 1.82) is 5.26 Å². The summed E-state index contributed by atoms with van der Waals surface area (Å²) in [4.78, 5) is 20.6. The van der Waals surface area contributed by atoms with Gasteiger partial charge in [-0.15, -0.1) is 16.4 Å². The van der Waals surface area contributed by atoms with Gasteiger partial charge >= 0.3 is 0 Å². The summed E-state index contributed by atoms with van der Waals surface area (Å²) < 4.78 is 2.63. The lowest BCUT2D eigenvalue weighted by atomic mass is 9.79. The maximum absolute atomic E-state index is 13.5. The molecular weight excluding hydrogens is 538 g/mol. The molecule has 2 aromatic heterocycles. The lowest BCUT2D eigenvalue weighted by Gasteiger charge is -2.39. The van der Waals surface area contributed by atoms with E-state index in [9.17, 15) is 10.1 Å². The maximum Gasteiger partial charge on any atom is 0.235 e. The predicted molar refractivity (Wildman–Crippen MR) is 142 cm³/mol. The predicted octanol–water partition coefficient (Wildman–Crippen LogP) is 4.49. The van der Waals surface area contributed by atoms with Crippen LogP contribution in [0, 0.1) is 17.2 Å². The number of carbonyl (C=O) groups is 1. The van der Waals surface area contributed by atoms with Gasteiger partial charge in [0, 0.05) is 22.8 Å². The van der Waals surface area contributed by atoms with Crippen molar-refractivity contribution < 1.29 is 4.79 Å². The van der Waals surface area contributed by atoms with Gasteiger partial charge in [0.15, 0.2) is 5.96 Å². The summed E-state index contributed by atoms with van der Waals surface area (Å²) in [5, 5.41) is 19.9. The van der Waals surface area contributed by atoms with Crippen LogP contribution in [-0.2, 0) is 16.8 Å². The first-order valence-corrected chi connectivity index (χ1v) is 12.9. The summed E-state index contributed by atoms with van der Waals surface area (Å²) >= 11 is 5.00. The highest BCUT2D eigenvalue weighted by Crippen LogP contribution is 2.43. The molecule has 8 nitrogen and oxygen atoms in total. The molecule has 0 saturated carbocycles. The fourth-order valence-corrected chi connectivity index (χ4v) is 5.82. The van der Waals surface area contributed by atoms with E-state index in [2.05, 4.69) is 32.3 Å². The van der Waals surface area contributed by atoms with Gasteiger partial charge in [-0.2, -0.15) is 5.26 Å². The number of nitrogens with two attached hydrogens (primary N) is 1. The molecule has 0 spiro atoms. The number of rotatable bonds is 5. The van der Waals surface area contributed by atoms with Crippen LogP contribution >= 0.6 is 27.3 Å². The molecule has 0 bridgehead atoms. The molecule has 4 aromatic rings. The van der Waals surface area contributed by atoms with Gasteiger partial charge in [-0.25, -0.2) is 9.67 Å². The van der Waals surface area contributed by atoms with Crippen LogP contribution in [0.15, 0.2) is 75.6 Å². The Hall–Kier alpha value is -3.81. The number of guanidine groups is 1. The molecule has 3 heterocycles. The highest BCUT2D eigenvalue weighted by molar-refractivity contribution is 9.10. The number of hydrogen-bond donors (Lipinski definition) is 1. The van der Waals surface area contributed by atoms with E-state index >= 15 is 0 Å². The zero-order valence-corrected chi connectivity index (χ0v) is 22.0. The van der Waals surface area contributed by atoms with Crippen molar-refractivity contribution in [2.75, 3.05) is 7.05 Å². The van der Waals surface area contributed by atoms with Crippen LogP contribution in [0.2, 0.25) is 0 Å². The Morgan fingerprint density at radius 2 is 2.00 bits per heavy atom. The molecule has 5 rings (SSSR count). The highest BCUT2D eigenvalue weighted by Gasteiger charge is 2.47. The van der Waals surface area contributed by atoms with E-state index in [1.54, 1.807) is 17.8 Å². The molecule has 2 N–H and O–H groups in total. The SMILES string of the molecule is CN1C(=O)C(Cc2cn(-c3cccc(Br)c3)nn2)[C@@](C)(c2cc(-c3cccc(C#N)c3)cs2)N=C1N. The van der Waals surface area contributed by atoms with Gasteiger partial charge in [0.25, 0.3) is 0 Å². The Bertz CT molecular complexity index is 1530. The largest absolute Gasteiger partial charge is 0.369 e. The fourth-order valence-electron chi connectivity index (χ4n) is 4.36. The first-order valence-electron chi connectivity index (χ1n) is 11.2. The van der Waals surface area contributed by atoms with E-state index < -0.39 is 11.5 Å². The molecule has 10 heteroatoms. The minimum Gasteiger partial charge on any atom is -0.369 e. The number of aromatic nitrogens is 3. The fraction of sp³-hybridized carbons (Fsp3) is 0.192. The van der Waals surface area contributed by atoms with E-state index in [4.69, 9.17) is 10.7 Å². The van der Waals surface area contributed by atoms with E-state index in [0.29, 0.717) is 17.7 Å². The first-order chi connectivity index (χ1) is 17.3. The van der Waals surface area contributed by atoms with E-state index in [-0.39, 0.29) is 11.9 Å². The Labute approximate surface area is 220 Å². The molecule has 0 radical (unpaired) electrons. The summed E-state index contributed by atoms with van der Waals surface area (Å²) in [5.41, 5.74) is 9.33. The van der Waals surface area contributed by atoms with Gasteiger partial charge in [0.05, 0.1) is 35.1 Å². The Kier molecular flexibility index (Phi) is 6.20. The minimum atomic E-state index is -0.886. The quantitative estimate of drug-likeness (QED) is 0.387. The van der Waals surface area contributed by atoms with Crippen LogP contribution in [-0.4, -0.2) is 38.8 Å². The molecule has 0 aliphatic carbocycles. The lowest BCUT2D eigenvalue weighted by Crippen LogP contribution is -2.54. The highest BCUT2D eigenvalue weighted by atomic mass is 79.9. The molecule has 0 fully saturated rings. The van der Waals surface area contributed by atoms with Crippen molar-refractivity contribution in [3.05, 3.63) is 86.8 Å². The van der Waals surface area contributed by atoms with Crippen molar-refractivity contribution >= 4 is 39.1 Å². The summed E-state index contributed by atoms with van der Waals surface area (Å²) in [7, 11) is 1.64. The second-order valence-electron chi connectivity index (χ2n) is 8.80. The number of halogens is 1. The van der Waals surface area contributed by atoms with E-state index in [0.717, 1.165) is 26.2 Å². The normalized spacial score (nSPS) is 19.7. The molecule has 1 aliphatic rings. The monoisotopic (exact) mass is 559 g/mol. The number of thiophene rings is 1. The summed E-state index contributed by atoms with van der Waals surface area (Å²) in [6.07, 6.45) is 2.19. The van der Waals surface area contributed by atoms with Gasteiger partial charge in [-0.05, 0) is 59.8 Å². The van der Waals surface area contributed by atoms with Crippen molar-refractivity contribution in [3.8, 4) is 22.9 Å². The minimum absolute atomic E-state index is 0.122. The average molecular weight is 560 g/mol. The Morgan fingerprint density at radius 1 is 1.19 bits per heavy atom. The van der Waals surface area contributed by atoms with Crippen LogP contribution in [0.25, 0.3) is 16.8 Å². The van der Waals surface area contributed by atoms with Crippen molar-refractivity contribution in [2.45, 2.75) is 18.9 Å². The smallest absolute Gasteiger partial charge is 0.235 e. The lowest BCUT2D eigenvalue weighted by molar-refractivity contribution is -0.134. The van der Waals surface area contributed by atoms with Crippen molar-refractivity contribution in [2.24, 2.45) is 16.6 Å². The van der Waals surface area contributed by atoms with Crippen LogP contribution in [0.5, 0.6) is 0 Å². The number of carbonyl (C=O) groups excluding carboxylic acids is 1. The summed E-state index contributed by atoms with van der Waals surface area (Å²) in [6.45, 7) is 1.94. The molecule has 1 amide bonds. The van der Waals surface area contributed by atoms with Gasteiger partial charge < -0.3 is 5.73 Å². The van der Waals surface area contributed by atoms with Gasteiger partial charge in [0.2, 0.25) is 5.91 Å². The first kappa shape index (κ1) is 23.9. The molecule has 1 aliphatic heterocycles. The van der Waals surface area contributed by atoms with Crippen LogP contribution in [0.3, 0.4) is 0 Å². The number of nitrogens with zero attached hydrogens (tertiary/aromatic N) is 6. The summed E-state index contributed by atoms with van der Waals surface area (Å²) in [5.74, 6) is -0.471. The number of amides is 1. The van der Waals surface area contributed by atoms with E-state index in [1.807, 2.05) is 67.0 Å². The Balaban J connectivity index is 1.50. The number of benzene rings is 2. The molecule has 1 unspecified atom stereocenters. The van der Waals surface area contributed by atoms with Gasteiger partial charge in [0.1, 0.15) is 5.54 Å². The van der Waals surface area contributed by atoms with Crippen LogP contribution in [0.4, 0.5) is 0 Å².